The van der Waals surface area contributed by atoms with Gasteiger partial charge in [-0.25, -0.2) is 4.39 Å². The van der Waals surface area contributed by atoms with Crippen LogP contribution < -0.4 is 10.6 Å². The molecule has 0 aliphatic carbocycles. The van der Waals surface area contributed by atoms with Crippen molar-refractivity contribution in [2.24, 2.45) is 5.92 Å². The summed E-state index contributed by atoms with van der Waals surface area (Å²) in [6.45, 7) is 3.40. The smallest absolute Gasteiger partial charge is 0.254 e. The van der Waals surface area contributed by atoms with Crippen LogP contribution in [0.1, 0.15) is 24.2 Å². The zero-order chi connectivity index (χ0) is 20.0. The van der Waals surface area contributed by atoms with Gasteiger partial charge in [-0.05, 0) is 42.5 Å². The lowest BCUT2D eigenvalue weighted by Crippen LogP contribution is -2.34. The number of carbonyl (C=O) groups is 3. The lowest BCUT2D eigenvalue weighted by atomic mass is 10.1. The van der Waals surface area contributed by atoms with Crippen LogP contribution in [0.2, 0.25) is 0 Å². The Morgan fingerprint density at radius 3 is 2.26 bits per heavy atom. The van der Waals surface area contributed by atoms with Crippen LogP contribution in [-0.2, 0) is 9.59 Å². The van der Waals surface area contributed by atoms with Gasteiger partial charge < -0.3 is 15.5 Å². The maximum atomic E-state index is 13.1. The zero-order valence-electron chi connectivity index (χ0n) is 15.5. The SMILES string of the molecule is CC(C)C(=O)Nc1ccc(C(=O)N(C)CC(=O)Nc2cccc(F)c2)cc1. The van der Waals surface area contributed by atoms with Crippen LogP contribution in [0.15, 0.2) is 48.5 Å². The summed E-state index contributed by atoms with van der Waals surface area (Å²) in [5.74, 6) is -1.49. The molecule has 0 saturated heterocycles. The van der Waals surface area contributed by atoms with Gasteiger partial charge in [0.2, 0.25) is 11.8 Å². The number of halogens is 1. The summed E-state index contributed by atoms with van der Waals surface area (Å²) in [6.07, 6.45) is 0. The van der Waals surface area contributed by atoms with Gasteiger partial charge in [-0.15, -0.1) is 0 Å². The minimum Gasteiger partial charge on any atom is -0.332 e. The normalized spacial score (nSPS) is 10.4. The summed E-state index contributed by atoms with van der Waals surface area (Å²) >= 11 is 0. The second-order valence-electron chi connectivity index (χ2n) is 6.44. The van der Waals surface area contributed by atoms with Crippen LogP contribution in [0, 0.1) is 11.7 Å². The first-order chi connectivity index (χ1) is 12.8. The first-order valence-corrected chi connectivity index (χ1v) is 8.48. The van der Waals surface area contributed by atoms with Gasteiger partial charge in [0.25, 0.3) is 5.91 Å². The first kappa shape index (κ1) is 20.1. The van der Waals surface area contributed by atoms with Crippen molar-refractivity contribution >= 4 is 29.1 Å². The summed E-state index contributed by atoms with van der Waals surface area (Å²) < 4.78 is 13.1. The van der Waals surface area contributed by atoms with E-state index in [4.69, 9.17) is 0 Å². The van der Waals surface area contributed by atoms with Crippen molar-refractivity contribution in [1.82, 2.24) is 4.90 Å². The molecule has 2 aromatic carbocycles. The number of hydrogen-bond acceptors (Lipinski definition) is 3. The number of amides is 3. The van der Waals surface area contributed by atoms with E-state index in [1.807, 2.05) is 0 Å². The summed E-state index contributed by atoms with van der Waals surface area (Å²) in [6, 6.07) is 12.0. The molecule has 6 nitrogen and oxygen atoms in total. The van der Waals surface area contributed by atoms with Crippen molar-refractivity contribution in [1.29, 1.82) is 0 Å². The molecule has 0 aliphatic rings. The number of carbonyl (C=O) groups excluding carboxylic acids is 3. The largest absolute Gasteiger partial charge is 0.332 e. The van der Waals surface area contributed by atoms with E-state index in [1.54, 1.807) is 44.2 Å². The molecule has 3 amide bonds. The van der Waals surface area contributed by atoms with Crippen LogP contribution >= 0.6 is 0 Å². The monoisotopic (exact) mass is 371 g/mol. The Kier molecular flexibility index (Phi) is 6.65. The van der Waals surface area contributed by atoms with Crippen LogP contribution in [0.25, 0.3) is 0 Å². The van der Waals surface area contributed by atoms with Gasteiger partial charge in [0.05, 0.1) is 6.54 Å². The van der Waals surface area contributed by atoms with Crippen molar-refractivity contribution < 1.29 is 18.8 Å². The highest BCUT2D eigenvalue weighted by Crippen LogP contribution is 2.13. The fourth-order valence-electron chi connectivity index (χ4n) is 2.26. The predicted octanol–water partition coefficient (Wildman–Crippen LogP) is 3.13. The molecule has 0 heterocycles. The van der Waals surface area contributed by atoms with Crippen LogP contribution in [0.5, 0.6) is 0 Å². The molecule has 0 aliphatic heterocycles. The molecule has 142 valence electrons. The highest BCUT2D eigenvalue weighted by molar-refractivity contribution is 5.99. The summed E-state index contributed by atoms with van der Waals surface area (Å²) in [5.41, 5.74) is 1.31. The number of likely N-dealkylation sites (N-methyl/N-ethyl adjacent to an activating group) is 1. The van der Waals surface area contributed by atoms with E-state index in [-0.39, 0.29) is 24.3 Å². The third-order valence-electron chi connectivity index (χ3n) is 3.76. The topological polar surface area (TPSA) is 78.5 Å². The van der Waals surface area contributed by atoms with E-state index in [0.717, 1.165) is 0 Å². The van der Waals surface area contributed by atoms with Gasteiger partial charge in [0, 0.05) is 29.9 Å². The van der Waals surface area contributed by atoms with E-state index < -0.39 is 11.7 Å². The Labute approximate surface area is 157 Å². The molecule has 0 bridgehead atoms. The maximum Gasteiger partial charge on any atom is 0.254 e. The van der Waals surface area contributed by atoms with Crippen molar-refractivity contribution in [3.05, 3.63) is 59.9 Å². The van der Waals surface area contributed by atoms with Gasteiger partial charge in [-0.3, -0.25) is 14.4 Å². The predicted molar refractivity (Wildman–Crippen MR) is 102 cm³/mol. The molecule has 2 rings (SSSR count). The molecule has 27 heavy (non-hydrogen) atoms. The molecular formula is C20H22FN3O3. The third kappa shape index (κ3) is 5.91. The number of nitrogens with zero attached hydrogens (tertiary/aromatic N) is 1. The number of rotatable bonds is 6. The number of benzene rings is 2. The van der Waals surface area contributed by atoms with Crippen molar-refractivity contribution in [2.45, 2.75) is 13.8 Å². The average Bonchev–Trinajstić information content (AvgIpc) is 2.61. The summed E-state index contributed by atoms with van der Waals surface area (Å²) in [5, 5.41) is 5.28. The van der Waals surface area contributed by atoms with E-state index in [1.165, 1.54) is 30.1 Å². The quantitative estimate of drug-likeness (QED) is 0.819. The van der Waals surface area contributed by atoms with Crippen molar-refractivity contribution in [3.8, 4) is 0 Å². The van der Waals surface area contributed by atoms with Crippen LogP contribution in [-0.4, -0.2) is 36.2 Å². The average molecular weight is 371 g/mol. The lowest BCUT2D eigenvalue weighted by Gasteiger charge is -2.17. The molecule has 0 fully saturated rings. The van der Waals surface area contributed by atoms with Crippen LogP contribution in [0.3, 0.4) is 0 Å². The molecule has 0 aromatic heterocycles. The molecule has 0 unspecified atom stereocenters. The fraction of sp³-hybridized carbons (Fsp3) is 0.250. The minimum absolute atomic E-state index is 0.111. The standard InChI is InChI=1S/C20H22FN3O3/c1-13(2)19(26)23-16-9-7-14(8-10-16)20(27)24(3)12-18(25)22-17-6-4-5-15(21)11-17/h4-11,13H,12H2,1-3H3,(H,22,25)(H,23,26). The third-order valence-corrected chi connectivity index (χ3v) is 3.76. The molecular weight excluding hydrogens is 349 g/mol. The van der Waals surface area contributed by atoms with Gasteiger partial charge in [0.15, 0.2) is 0 Å². The highest BCUT2D eigenvalue weighted by Gasteiger charge is 2.15. The van der Waals surface area contributed by atoms with Gasteiger partial charge in [-0.1, -0.05) is 19.9 Å². The van der Waals surface area contributed by atoms with E-state index in [2.05, 4.69) is 10.6 Å². The van der Waals surface area contributed by atoms with E-state index in [0.29, 0.717) is 16.9 Å². The molecule has 0 spiro atoms. The molecule has 0 atom stereocenters. The molecule has 0 radical (unpaired) electrons. The Bertz CT molecular complexity index is 835. The lowest BCUT2D eigenvalue weighted by molar-refractivity contribution is -0.119. The Morgan fingerprint density at radius 1 is 1.00 bits per heavy atom. The van der Waals surface area contributed by atoms with Gasteiger partial charge in [-0.2, -0.15) is 0 Å². The van der Waals surface area contributed by atoms with Crippen molar-refractivity contribution in [3.63, 3.8) is 0 Å². The van der Waals surface area contributed by atoms with Crippen molar-refractivity contribution in [2.75, 3.05) is 24.2 Å². The fourth-order valence-corrected chi connectivity index (χ4v) is 2.26. The first-order valence-electron chi connectivity index (χ1n) is 8.48. The second-order valence-corrected chi connectivity index (χ2v) is 6.44. The van der Waals surface area contributed by atoms with Gasteiger partial charge >= 0.3 is 0 Å². The molecule has 2 aromatic rings. The number of anilines is 2. The summed E-state index contributed by atoms with van der Waals surface area (Å²) in [4.78, 5) is 37.4. The molecule has 0 saturated carbocycles. The molecule has 7 heteroatoms. The van der Waals surface area contributed by atoms with Gasteiger partial charge in [0.1, 0.15) is 5.82 Å². The van der Waals surface area contributed by atoms with E-state index in [9.17, 15) is 18.8 Å². The minimum atomic E-state index is -0.457. The molecule has 2 N–H and O–H groups in total. The Balaban J connectivity index is 1.94. The van der Waals surface area contributed by atoms with E-state index >= 15 is 0 Å². The van der Waals surface area contributed by atoms with Crippen LogP contribution in [0.4, 0.5) is 15.8 Å². The number of hydrogen-bond donors (Lipinski definition) is 2. The summed E-state index contributed by atoms with van der Waals surface area (Å²) in [7, 11) is 1.50. The maximum absolute atomic E-state index is 13.1. The number of nitrogens with one attached hydrogen (secondary N) is 2. The highest BCUT2D eigenvalue weighted by atomic mass is 19.1. The zero-order valence-corrected chi connectivity index (χ0v) is 15.5. The Morgan fingerprint density at radius 2 is 1.67 bits per heavy atom. The second kappa shape index (κ2) is 8.93. The Hall–Kier alpha value is -3.22.